The Morgan fingerprint density at radius 3 is 2.29 bits per heavy atom. The number of benzene rings is 1. The molecule has 0 atom stereocenters. The summed E-state index contributed by atoms with van der Waals surface area (Å²) >= 11 is 0. The summed E-state index contributed by atoms with van der Waals surface area (Å²) in [6.45, 7) is 12.3. The van der Waals surface area contributed by atoms with Crippen LogP contribution in [-0.4, -0.2) is 60.6 Å². The molecule has 5 heteroatoms. The van der Waals surface area contributed by atoms with Crippen molar-refractivity contribution in [2.75, 3.05) is 32.8 Å². The Balaban J connectivity index is 1.39. The molecule has 1 amide bonds. The highest BCUT2D eigenvalue weighted by molar-refractivity contribution is 5.78. The first-order valence-corrected chi connectivity index (χ1v) is 11.0. The van der Waals surface area contributed by atoms with Gasteiger partial charge in [-0.2, -0.15) is 0 Å². The van der Waals surface area contributed by atoms with E-state index in [1.54, 1.807) is 0 Å². The number of ether oxygens (including phenoxy) is 1. The second-order valence-electron chi connectivity index (χ2n) is 8.56. The van der Waals surface area contributed by atoms with Crippen LogP contribution in [-0.2, 0) is 11.3 Å². The molecule has 2 aliphatic heterocycles. The summed E-state index contributed by atoms with van der Waals surface area (Å²) in [5.41, 5.74) is 1.36. The predicted molar refractivity (Wildman–Crippen MR) is 113 cm³/mol. The van der Waals surface area contributed by atoms with Crippen molar-refractivity contribution in [3.63, 3.8) is 0 Å². The summed E-state index contributed by atoms with van der Waals surface area (Å²) in [6, 6.07) is 9.45. The molecule has 3 rings (SSSR count). The lowest BCUT2D eigenvalue weighted by Crippen LogP contribution is -2.49. The van der Waals surface area contributed by atoms with Crippen molar-refractivity contribution in [2.45, 2.75) is 65.1 Å². The van der Waals surface area contributed by atoms with Crippen molar-refractivity contribution in [1.82, 2.24) is 15.1 Å². The second kappa shape index (κ2) is 10.3. The molecule has 2 aliphatic rings. The van der Waals surface area contributed by atoms with E-state index in [9.17, 15) is 4.79 Å². The summed E-state index contributed by atoms with van der Waals surface area (Å²) in [7, 11) is 0. The van der Waals surface area contributed by atoms with Gasteiger partial charge in [-0.15, -0.1) is 0 Å². The van der Waals surface area contributed by atoms with Gasteiger partial charge in [-0.3, -0.25) is 9.69 Å². The Morgan fingerprint density at radius 1 is 1.07 bits per heavy atom. The standard InChI is InChI=1S/C23H37N3O2/c1-4-28-22-7-5-19(6-8-22)17-25-13-11-21(12-14-25)26-15-9-20(10-16-26)23(27)24-18(2)3/h5-8,18,20-21H,4,9-17H2,1-3H3,(H,24,27). The van der Waals surface area contributed by atoms with Crippen molar-refractivity contribution >= 4 is 5.91 Å². The fourth-order valence-corrected chi connectivity index (χ4v) is 4.49. The first-order chi connectivity index (χ1) is 13.5. The Hall–Kier alpha value is -1.59. The molecular formula is C23H37N3O2. The maximum atomic E-state index is 12.2. The topological polar surface area (TPSA) is 44.8 Å². The van der Waals surface area contributed by atoms with Crippen LogP contribution in [0.15, 0.2) is 24.3 Å². The van der Waals surface area contributed by atoms with Crippen molar-refractivity contribution in [3.8, 4) is 5.75 Å². The molecule has 0 spiro atoms. The quantitative estimate of drug-likeness (QED) is 0.780. The van der Waals surface area contributed by atoms with Crippen LogP contribution in [0.5, 0.6) is 5.75 Å². The average Bonchev–Trinajstić information content (AvgIpc) is 2.70. The molecule has 0 saturated carbocycles. The normalized spacial score (nSPS) is 20.4. The van der Waals surface area contributed by atoms with Gasteiger partial charge in [0.15, 0.2) is 0 Å². The van der Waals surface area contributed by atoms with Crippen LogP contribution in [0, 0.1) is 5.92 Å². The smallest absolute Gasteiger partial charge is 0.223 e. The Kier molecular flexibility index (Phi) is 7.74. The minimum absolute atomic E-state index is 0.207. The third kappa shape index (κ3) is 5.95. The summed E-state index contributed by atoms with van der Waals surface area (Å²) in [4.78, 5) is 17.4. The predicted octanol–water partition coefficient (Wildman–Crippen LogP) is 3.29. The molecule has 2 saturated heterocycles. The monoisotopic (exact) mass is 387 g/mol. The Bertz CT molecular complexity index is 601. The molecule has 28 heavy (non-hydrogen) atoms. The zero-order valence-electron chi connectivity index (χ0n) is 17.8. The Labute approximate surface area is 170 Å². The van der Waals surface area contributed by atoms with E-state index in [0.717, 1.165) is 51.3 Å². The fourth-order valence-electron chi connectivity index (χ4n) is 4.49. The zero-order valence-corrected chi connectivity index (χ0v) is 17.8. The van der Waals surface area contributed by atoms with Gasteiger partial charge in [-0.1, -0.05) is 12.1 Å². The SMILES string of the molecule is CCOc1ccc(CN2CCC(N3CCC(C(=O)NC(C)C)CC3)CC2)cc1. The van der Waals surface area contributed by atoms with E-state index in [-0.39, 0.29) is 17.9 Å². The van der Waals surface area contributed by atoms with Crippen molar-refractivity contribution in [3.05, 3.63) is 29.8 Å². The maximum Gasteiger partial charge on any atom is 0.223 e. The minimum Gasteiger partial charge on any atom is -0.494 e. The van der Waals surface area contributed by atoms with Gasteiger partial charge in [0.25, 0.3) is 0 Å². The lowest BCUT2D eigenvalue weighted by Gasteiger charge is -2.41. The Morgan fingerprint density at radius 2 is 1.71 bits per heavy atom. The third-order valence-electron chi connectivity index (χ3n) is 6.05. The number of nitrogens with one attached hydrogen (secondary N) is 1. The van der Waals surface area contributed by atoms with Crippen LogP contribution in [0.4, 0.5) is 0 Å². The fraction of sp³-hybridized carbons (Fsp3) is 0.696. The third-order valence-corrected chi connectivity index (χ3v) is 6.05. The summed E-state index contributed by atoms with van der Waals surface area (Å²) in [6.07, 6.45) is 4.48. The highest BCUT2D eigenvalue weighted by Gasteiger charge is 2.30. The number of hydrogen-bond donors (Lipinski definition) is 1. The minimum atomic E-state index is 0.207. The van der Waals surface area contributed by atoms with Crippen LogP contribution in [0.3, 0.4) is 0 Å². The highest BCUT2D eigenvalue weighted by atomic mass is 16.5. The van der Waals surface area contributed by atoms with Crippen LogP contribution in [0.1, 0.15) is 52.0 Å². The van der Waals surface area contributed by atoms with Crippen LogP contribution >= 0.6 is 0 Å². The molecule has 1 aromatic rings. The molecule has 0 aliphatic carbocycles. The van der Waals surface area contributed by atoms with E-state index in [2.05, 4.69) is 39.4 Å². The van der Waals surface area contributed by atoms with Gasteiger partial charge in [0.2, 0.25) is 5.91 Å². The molecule has 0 bridgehead atoms. The van der Waals surface area contributed by atoms with Crippen LogP contribution in [0.25, 0.3) is 0 Å². The van der Waals surface area contributed by atoms with E-state index in [4.69, 9.17) is 4.74 Å². The van der Waals surface area contributed by atoms with Gasteiger partial charge in [0.1, 0.15) is 5.75 Å². The molecular weight excluding hydrogens is 350 g/mol. The van der Waals surface area contributed by atoms with Gasteiger partial charge < -0.3 is 15.0 Å². The molecule has 0 radical (unpaired) electrons. The van der Waals surface area contributed by atoms with Crippen molar-refractivity contribution < 1.29 is 9.53 Å². The number of likely N-dealkylation sites (tertiary alicyclic amines) is 2. The first kappa shape index (κ1) is 21.1. The van der Waals surface area contributed by atoms with Gasteiger partial charge in [0, 0.05) is 24.5 Å². The second-order valence-corrected chi connectivity index (χ2v) is 8.56. The van der Waals surface area contributed by atoms with Gasteiger partial charge in [-0.05, 0) is 90.3 Å². The zero-order chi connectivity index (χ0) is 19.9. The summed E-state index contributed by atoms with van der Waals surface area (Å²) < 4.78 is 5.53. The highest BCUT2D eigenvalue weighted by Crippen LogP contribution is 2.25. The molecule has 0 unspecified atom stereocenters. The molecule has 1 aromatic carbocycles. The van der Waals surface area contributed by atoms with E-state index in [1.807, 2.05) is 20.8 Å². The molecule has 2 fully saturated rings. The van der Waals surface area contributed by atoms with Crippen LogP contribution in [0.2, 0.25) is 0 Å². The van der Waals surface area contributed by atoms with Gasteiger partial charge in [0.05, 0.1) is 6.61 Å². The number of piperidine rings is 2. The molecule has 5 nitrogen and oxygen atoms in total. The lowest BCUT2D eigenvalue weighted by molar-refractivity contribution is -0.127. The van der Waals surface area contributed by atoms with E-state index >= 15 is 0 Å². The van der Waals surface area contributed by atoms with Crippen molar-refractivity contribution in [1.29, 1.82) is 0 Å². The summed E-state index contributed by atoms with van der Waals surface area (Å²) in [5, 5.41) is 3.07. The van der Waals surface area contributed by atoms with Crippen LogP contribution < -0.4 is 10.1 Å². The van der Waals surface area contributed by atoms with E-state index in [1.165, 1.54) is 18.4 Å². The average molecular weight is 388 g/mol. The largest absolute Gasteiger partial charge is 0.494 e. The van der Waals surface area contributed by atoms with Crippen molar-refractivity contribution in [2.24, 2.45) is 5.92 Å². The van der Waals surface area contributed by atoms with E-state index in [0.29, 0.717) is 12.6 Å². The molecule has 156 valence electrons. The number of rotatable bonds is 7. The first-order valence-electron chi connectivity index (χ1n) is 11.0. The number of carbonyl (C=O) groups is 1. The maximum absolute atomic E-state index is 12.2. The summed E-state index contributed by atoms with van der Waals surface area (Å²) in [5.74, 6) is 1.41. The van der Waals surface area contributed by atoms with Gasteiger partial charge >= 0.3 is 0 Å². The lowest BCUT2D eigenvalue weighted by atomic mass is 9.92. The molecule has 0 aromatic heterocycles. The number of hydrogen-bond acceptors (Lipinski definition) is 4. The number of nitrogens with zero attached hydrogens (tertiary/aromatic N) is 2. The number of amides is 1. The molecule has 1 N–H and O–H groups in total. The molecule has 2 heterocycles. The number of carbonyl (C=O) groups excluding carboxylic acids is 1. The van der Waals surface area contributed by atoms with E-state index < -0.39 is 0 Å². The van der Waals surface area contributed by atoms with Gasteiger partial charge in [-0.25, -0.2) is 0 Å².